The van der Waals surface area contributed by atoms with Crippen molar-refractivity contribution in [3.8, 4) is 0 Å². The molecular formula is C18H31N3O. The van der Waals surface area contributed by atoms with Crippen LogP contribution in [0.2, 0.25) is 0 Å². The van der Waals surface area contributed by atoms with Gasteiger partial charge in [-0.3, -0.25) is 9.69 Å². The fourth-order valence-corrected chi connectivity index (χ4v) is 2.28. The van der Waals surface area contributed by atoms with Crippen molar-refractivity contribution in [2.24, 2.45) is 0 Å². The molecule has 1 N–H and O–H groups in total. The van der Waals surface area contributed by atoms with Gasteiger partial charge in [-0.25, -0.2) is 0 Å². The van der Waals surface area contributed by atoms with Crippen LogP contribution in [0.4, 0.5) is 0 Å². The second kappa shape index (κ2) is 9.59. The number of nitrogens with zero attached hydrogens (tertiary/aromatic N) is 2. The highest BCUT2D eigenvalue weighted by Gasteiger charge is 2.09. The zero-order valence-corrected chi connectivity index (χ0v) is 14.7. The summed E-state index contributed by atoms with van der Waals surface area (Å²) in [7, 11) is 2.05. The summed E-state index contributed by atoms with van der Waals surface area (Å²) in [5, 5.41) is 2.96. The van der Waals surface area contributed by atoms with Crippen molar-refractivity contribution in [3.05, 3.63) is 35.4 Å². The molecule has 0 fully saturated rings. The van der Waals surface area contributed by atoms with Gasteiger partial charge in [0.05, 0.1) is 0 Å². The predicted molar refractivity (Wildman–Crippen MR) is 93.2 cm³/mol. The van der Waals surface area contributed by atoms with Crippen LogP contribution in [0.5, 0.6) is 0 Å². The Kier molecular flexibility index (Phi) is 8.13. The Balaban J connectivity index is 2.51. The summed E-state index contributed by atoms with van der Waals surface area (Å²) in [6.07, 6.45) is 0. The van der Waals surface area contributed by atoms with E-state index < -0.39 is 0 Å². The zero-order chi connectivity index (χ0) is 16.5. The van der Waals surface area contributed by atoms with Crippen LogP contribution in [-0.4, -0.2) is 55.0 Å². The molecule has 0 saturated carbocycles. The molecule has 1 aromatic carbocycles. The summed E-state index contributed by atoms with van der Waals surface area (Å²) >= 11 is 0. The van der Waals surface area contributed by atoms with E-state index in [1.807, 2.05) is 12.1 Å². The van der Waals surface area contributed by atoms with Crippen LogP contribution >= 0.6 is 0 Å². The van der Waals surface area contributed by atoms with E-state index in [-0.39, 0.29) is 5.91 Å². The van der Waals surface area contributed by atoms with E-state index in [1.165, 1.54) is 5.56 Å². The SMILES string of the molecule is CCN(C)CCNC(=O)c1ccc(CN(CC)C(C)C)cc1. The first-order valence-electron chi connectivity index (χ1n) is 8.27. The molecule has 0 saturated heterocycles. The second-order valence-electron chi connectivity index (χ2n) is 6.01. The van der Waals surface area contributed by atoms with Gasteiger partial charge in [0.1, 0.15) is 0 Å². The van der Waals surface area contributed by atoms with Crippen molar-refractivity contribution in [2.45, 2.75) is 40.3 Å². The van der Waals surface area contributed by atoms with E-state index in [0.29, 0.717) is 12.6 Å². The molecule has 22 heavy (non-hydrogen) atoms. The van der Waals surface area contributed by atoms with E-state index in [1.54, 1.807) is 0 Å². The molecule has 0 heterocycles. The van der Waals surface area contributed by atoms with Gasteiger partial charge in [0, 0.05) is 31.2 Å². The van der Waals surface area contributed by atoms with Gasteiger partial charge in [0.2, 0.25) is 0 Å². The lowest BCUT2D eigenvalue weighted by molar-refractivity contribution is 0.0950. The standard InChI is InChI=1S/C18H31N3O/c1-6-20(5)13-12-19-18(22)17-10-8-16(9-11-17)14-21(7-2)15(3)4/h8-11,15H,6-7,12-14H2,1-5H3,(H,19,22). The van der Waals surface area contributed by atoms with Gasteiger partial charge in [-0.15, -0.1) is 0 Å². The normalized spacial score (nSPS) is 11.5. The van der Waals surface area contributed by atoms with Crippen LogP contribution in [0.15, 0.2) is 24.3 Å². The molecule has 0 aliphatic heterocycles. The van der Waals surface area contributed by atoms with Crippen molar-refractivity contribution in [1.82, 2.24) is 15.1 Å². The van der Waals surface area contributed by atoms with Gasteiger partial charge in [-0.05, 0) is 51.7 Å². The van der Waals surface area contributed by atoms with Crippen LogP contribution in [0.25, 0.3) is 0 Å². The number of carbonyl (C=O) groups is 1. The second-order valence-corrected chi connectivity index (χ2v) is 6.01. The van der Waals surface area contributed by atoms with E-state index in [9.17, 15) is 4.79 Å². The maximum Gasteiger partial charge on any atom is 0.251 e. The molecule has 0 atom stereocenters. The number of rotatable bonds is 9. The average Bonchev–Trinajstić information content (AvgIpc) is 2.52. The predicted octanol–water partition coefficient (Wildman–Crippen LogP) is 2.60. The lowest BCUT2D eigenvalue weighted by atomic mass is 10.1. The first-order valence-corrected chi connectivity index (χ1v) is 8.27. The Hall–Kier alpha value is -1.39. The van der Waals surface area contributed by atoms with Crippen molar-refractivity contribution < 1.29 is 4.79 Å². The smallest absolute Gasteiger partial charge is 0.251 e. The van der Waals surface area contributed by atoms with Gasteiger partial charge in [-0.2, -0.15) is 0 Å². The topological polar surface area (TPSA) is 35.6 Å². The van der Waals surface area contributed by atoms with E-state index in [2.05, 4.69) is 62.0 Å². The van der Waals surface area contributed by atoms with Gasteiger partial charge < -0.3 is 10.2 Å². The fraction of sp³-hybridized carbons (Fsp3) is 0.611. The minimum Gasteiger partial charge on any atom is -0.351 e. The summed E-state index contributed by atoms with van der Waals surface area (Å²) in [5.41, 5.74) is 1.98. The molecule has 4 nitrogen and oxygen atoms in total. The zero-order valence-electron chi connectivity index (χ0n) is 14.7. The summed E-state index contributed by atoms with van der Waals surface area (Å²) in [5.74, 6) is 0.00672. The molecule has 0 aromatic heterocycles. The number of benzene rings is 1. The maximum absolute atomic E-state index is 12.1. The van der Waals surface area contributed by atoms with Crippen molar-refractivity contribution in [3.63, 3.8) is 0 Å². The van der Waals surface area contributed by atoms with Gasteiger partial charge in [-0.1, -0.05) is 26.0 Å². The van der Waals surface area contributed by atoms with E-state index in [0.717, 1.165) is 31.7 Å². The summed E-state index contributed by atoms with van der Waals surface area (Å²) in [6, 6.07) is 8.48. The maximum atomic E-state index is 12.1. The largest absolute Gasteiger partial charge is 0.351 e. The third-order valence-electron chi connectivity index (χ3n) is 4.06. The molecule has 0 bridgehead atoms. The van der Waals surface area contributed by atoms with Crippen LogP contribution < -0.4 is 5.32 Å². The Morgan fingerprint density at radius 1 is 1.14 bits per heavy atom. The molecule has 124 valence electrons. The van der Waals surface area contributed by atoms with Crippen LogP contribution in [0, 0.1) is 0 Å². The van der Waals surface area contributed by atoms with Gasteiger partial charge >= 0.3 is 0 Å². The van der Waals surface area contributed by atoms with E-state index >= 15 is 0 Å². The molecule has 4 heteroatoms. The number of amides is 1. The number of hydrogen-bond donors (Lipinski definition) is 1. The Bertz CT molecular complexity index is 442. The fourth-order valence-electron chi connectivity index (χ4n) is 2.28. The molecule has 0 aliphatic carbocycles. The first-order chi connectivity index (χ1) is 10.5. The molecule has 0 spiro atoms. The highest BCUT2D eigenvalue weighted by molar-refractivity contribution is 5.94. The third-order valence-corrected chi connectivity index (χ3v) is 4.06. The summed E-state index contributed by atoms with van der Waals surface area (Å²) < 4.78 is 0. The van der Waals surface area contributed by atoms with Crippen LogP contribution in [-0.2, 0) is 6.54 Å². The molecular weight excluding hydrogens is 274 g/mol. The number of likely N-dealkylation sites (N-methyl/N-ethyl adjacent to an activating group) is 1. The number of carbonyl (C=O) groups excluding carboxylic acids is 1. The average molecular weight is 305 g/mol. The Labute approximate surface area is 135 Å². The van der Waals surface area contributed by atoms with Gasteiger partial charge in [0.15, 0.2) is 0 Å². The molecule has 0 aliphatic rings. The van der Waals surface area contributed by atoms with E-state index in [4.69, 9.17) is 0 Å². The molecule has 1 aromatic rings. The van der Waals surface area contributed by atoms with Crippen molar-refractivity contribution in [2.75, 3.05) is 33.2 Å². The van der Waals surface area contributed by atoms with Crippen LogP contribution in [0.3, 0.4) is 0 Å². The van der Waals surface area contributed by atoms with Crippen molar-refractivity contribution in [1.29, 1.82) is 0 Å². The van der Waals surface area contributed by atoms with Crippen LogP contribution in [0.1, 0.15) is 43.6 Å². The monoisotopic (exact) mass is 305 g/mol. The minimum atomic E-state index is 0.00672. The molecule has 1 amide bonds. The highest BCUT2D eigenvalue weighted by atomic mass is 16.1. The first kappa shape index (κ1) is 18.7. The molecule has 0 unspecified atom stereocenters. The lowest BCUT2D eigenvalue weighted by Crippen LogP contribution is -2.33. The molecule has 1 rings (SSSR count). The number of nitrogens with one attached hydrogen (secondary N) is 1. The quantitative estimate of drug-likeness (QED) is 0.762. The molecule has 0 radical (unpaired) electrons. The Morgan fingerprint density at radius 3 is 2.27 bits per heavy atom. The summed E-state index contributed by atoms with van der Waals surface area (Å²) in [4.78, 5) is 16.6. The van der Waals surface area contributed by atoms with Crippen molar-refractivity contribution >= 4 is 5.91 Å². The number of hydrogen-bond acceptors (Lipinski definition) is 3. The highest BCUT2D eigenvalue weighted by Crippen LogP contribution is 2.10. The lowest BCUT2D eigenvalue weighted by Gasteiger charge is -2.24. The minimum absolute atomic E-state index is 0.00672. The van der Waals surface area contributed by atoms with Gasteiger partial charge in [0.25, 0.3) is 5.91 Å². The third kappa shape index (κ3) is 6.16. The Morgan fingerprint density at radius 2 is 1.77 bits per heavy atom. The summed E-state index contributed by atoms with van der Waals surface area (Å²) in [6.45, 7) is 13.2.